The topological polar surface area (TPSA) is 81.8 Å². The Hall–Kier alpha value is -2.04. The fourth-order valence-corrected chi connectivity index (χ4v) is 1.61. The van der Waals surface area contributed by atoms with Gasteiger partial charge in [0.05, 0.1) is 5.69 Å². The lowest BCUT2D eigenvalue weighted by molar-refractivity contribution is 0.0691. The lowest BCUT2D eigenvalue weighted by Gasteiger charge is -1.96. The van der Waals surface area contributed by atoms with E-state index in [4.69, 9.17) is 5.11 Å². The Kier molecular flexibility index (Phi) is 2.07. The fourth-order valence-electron chi connectivity index (χ4n) is 1.61. The Balaban J connectivity index is 2.50. The molecule has 0 unspecified atom stereocenters. The van der Waals surface area contributed by atoms with E-state index in [1.807, 2.05) is 13.8 Å². The molecule has 5 nitrogen and oxygen atoms in total. The zero-order chi connectivity index (χ0) is 11.0. The molecule has 0 saturated heterocycles. The lowest BCUT2D eigenvalue weighted by Crippen LogP contribution is -1.95. The Morgan fingerprint density at radius 2 is 2.13 bits per heavy atom. The second-order valence-corrected chi connectivity index (χ2v) is 3.40. The third kappa shape index (κ3) is 1.52. The van der Waals surface area contributed by atoms with Gasteiger partial charge in [-0.05, 0) is 26.0 Å². The van der Waals surface area contributed by atoms with Crippen LogP contribution in [0.1, 0.15) is 21.9 Å². The van der Waals surface area contributed by atoms with Crippen LogP contribution >= 0.6 is 0 Å². The van der Waals surface area contributed by atoms with E-state index in [9.17, 15) is 4.79 Å². The van der Waals surface area contributed by atoms with Crippen LogP contribution < -0.4 is 0 Å². The number of nitrogens with zero attached hydrogens (tertiary/aromatic N) is 1. The average molecular weight is 205 g/mol. The van der Waals surface area contributed by atoms with E-state index in [0.29, 0.717) is 0 Å². The molecule has 0 aliphatic carbocycles. The van der Waals surface area contributed by atoms with Crippen molar-refractivity contribution in [1.82, 2.24) is 15.2 Å². The van der Waals surface area contributed by atoms with Crippen LogP contribution in [-0.4, -0.2) is 26.3 Å². The normalized spacial score (nSPS) is 10.5. The molecule has 2 aromatic rings. The number of carboxylic acid groups (broad SMARTS) is 1. The van der Waals surface area contributed by atoms with Gasteiger partial charge in [-0.3, -0.25) is 5.10 Å². The molecule has 0 fully saturated rings. The molecule has 15 heavy (non-hydrogen) atoms. The van der Waals surface area contributed by atoms with E-state index in [1.165, 1.54) is 0 Å². The smallest absolute Gasteiger partial charge is 0.352 e. The summed E-state index contributed by atoms with van der Waals surface area (Å²) in [5.41, 5.74) is 3.67. The van der Waals surface area contributed by atoms with E-state index in [2.05, 4.69) is 15.2 Å². The van der Waals surface area contributed by atoms with E-state index in [1.54, 1.807) is 12.1 Å². The van der Waals surface area contributed by atoms with Crippen molar-refractivity contribution in [3.8, 4) is 11.3 Å². The van der Waals surface area contributed by atoms with Crippen molar-refractivity contribution in [2.75, 3.05) is 0 Å². The van der Waals surface area contributed by atoms with Crippen LogP contribution in [0.4, 0.5) is 0 Å². The maximum Gasteiger partial charge on any atom is 0.352 e. The molecule has 0 spiro atoms. The number of nitrogens with one attached hydrogen (secondary N) is 2. The molecule has 0 saturated carbocycles. The van der Waals surface area contributed by atoms with Crippen LogP contribution in [0.3, 0.4) is 0 Å². The second kappa shape index (κ2) is 3.27. The number of aromatic amines is 2. The van der Waals surface area contributed by atoms with Crippen LogP contribution in [0.25, 0.3) is 11.3 Å². The molecule has 0 bridgehead atoms. The summed E-state index contributed by atoms with van der Waals surface area (Å²) in [6, 6.07) is 3.29. The van der Waals surface area contributed by atoms with Crippen LogP contribution in [-0.2, 0) is 0 Å². The molecule has 5 heteroatoms. The fraction of sp³-hybridized carbons (Fsp3) is 0.200. The number of carbonyl (C=O) groups is 1. The number of aromatic carboxylic acids is 1. The number of H-pyrrole nitrogens is 2. The highest BCUT2D eigenvalue weighted by Crippen LogP contribution is 2.24. The standard InChI is InChI=1S/C10H11N3O2/c1-5-9(6(2)13-12-5)7-3-4-8(11-7)10(14)15/h3-4,11H,1-2H3,(H,12,13)(H,14,15). The first-order chi connectivity index (χ1) is 7.09. The first kappa shape index (κ1) is 9.51. The highest BCUT2D eigenvalue weighted by molar-refractivity contribution is 5.87. The van der Waals surface area contributed by atoms with Gasteiger partial charge in [0.25, 0.3) is 0 Å². The van der Waals surface area contributed by atoms with Gasteiger partial charge in [-0.1, -0.05) is 0 Å². The minimum absolute atomic E-state index is 0.185. The Labute approximate surface area is 86.1 Å². The number of rotatable bonds is 2. The molecule has 0 aliphatic heterocycles. The predicted octanol–water partition coefficient (Wildman–Crippen LogP) is 1.72. The molecular weight excluding hydrogens is 194 g/mol. The summed E-state index contributed by atoms with van der Waals surface area (Å²) >= 11 is 0. The molecule has 78 valence electrons. The molecule has 0 aliphatic rings. The number of hydrogen-bond acceptors (Lipinski definition) is 2. The minimum atomic E-state index is -0.958. The average Bonchev–Trinajstić information content (AvgIpc) is 2.73. The van der Waals surface area contributed by atoms with Gasteiger partial charge in [-0.25, -0.2) is 4.79 Å². The third-order valence-electron chi connectivity index (χ3n) is 2.31. The van der Waals surface area contributed by atoms with Gasteiger partial charge in [0.1, 0.15) is 5.69 Å². The van der Waals surface area contributed by atoms with Crippen molar-refractivity contribution in [3.05, 3.63) is 29.2 Å². The quantitative estimate of drug-likeness (QED) is 0.698. The number of aryl methyl sites for hydroxylation is 2. The molecule has 0 radical (unpaired) electrons. The largest absolute Gasteiger partial charge is 0.477 e. The zero-order valence-electron chi connectivity index (χ0n) is 8.46. The van der Waals surface area contributed by atoms with E-state index in [-0.39, 0.29) is 5.69 Å². The van der Waals surface area contributed by atoms with Crippen molar-refractivity contribution >= 4 is 5.97 Å². The van der Waals surface area contributed by atoms with Gasteiger partial charge < -0.3 is 10.1 Å². The minimum Gasteiger partial charge on any atom is -0.477 e. The molecule has 3 N–H and O–H groups in total. The highest BCUT2D eigenvalue weighted by Gasteiger charge is 2.12. The first-order valence-electron chi connectivity index (χ1n) is 4.54. The molecule has 2 aromatic heterocycles. The molecule has 0 atom stereocenters. The summed E-state index contributed by atoms with van der Waals surface area (Å²) in [4.78, 5) is 13.5. The van der Waals surface area contributed by atoms with Crippen molar-refractivity contribution < 1.29 is 9.90 Å². The summed E-state index contributed by atoms with van der Waals surface area (Å²) in [6.45, 7) is 3.77. The monoisotopic (exact) mass is 205 g/mol. The van der Waals surface area contributed by atoms with Crippen molar-refractivity contribution in [3.63, 3.8) is 0 Å². The lowest BCUT2D eigenvalue weighted by atomic mass is 10.1. The van der Waals surface area contributed by atoms with Gasteiger partial charge in [0, 0.05) is 17.0 Å². The zero-order valence-corrected chi connectivity index (χ0v) is 8.46. The third-order valence-corrected chi connectivity index (χ3v) is 2.31. The van der Waals surface area contributed by atoms with Crippen molar-refractivity contribution in [1.29, 1.82) is 0 Å². The van der Waals surface area contributed by atoms with Gasteiger partial charge in [-0.2, -0.15) is 5.10 Å². The highest BCUT2D eigenvalue weighted by atomic mass is 16.4. The van der Waals surface area contributed by atoms with Crippen LogP contribution in [0, 0.1) is 13.8 Å². The number of aromatic nitrogens is 3. The van der Waals surface area contributed by atoms with E-state index in [0.717, 1.165) is 22.6 Å². The van der Waals surface area contributed by atoms with Gasteiger partial charge in [0.2, 0.25) is 0 Å². The summed E-state index contributed by atoms with van der Waals surface area (Å²) in [5.74, 6) is -0.958. The van der Waals surface area contributed by atoms with Crippen LogP contribution in [0.2, 0.25) is 0 Å². The Morgan fingerprint density at radius 3 is 2.60 bits per heavy atom. The maximum absolute atomic E-state index is 10.7. The van der Waals surface area contributed by atoms with Gasteiger partial charge >= 0.3 is 5.97 Å². The molecule has 0 amide bonds. The summed E-state index contributed by atoms with van der Waals surface area (Å²) in [5, 5.41) is 15.7. The molecular formula is C10H11N3O2. The Bertz CT molecular complexity index is 491. The summed E-state index contributed by atoms with van der Waals surface area (Å²) < 4.78 is 0. The van der Waals surface area contributed by atoms with Crippen molar-refractivity contribution in [2.45, 2.75) is 13.8 Å². The van der Waals surface area contributed by atoms with Crippen LogP contribution in [0.15, 0.2) is 12.1 Å². The second-order valence-electron chi connectivity index (χ2n) is 3.40. The summed E-state index contributed by atoms with van der Waals surface area (Å²) in [7, 11) is 0. The first-order valence-corrected chi connectivity index (χ1v) is 4.54. The maximum atomic E-state index is 10.7. The van der Waals surface area contributed by atoms with E-state index < -0.39 is 5.97 Å². The predicted molar refractivity (Wildman–Crippen MR) is 54.8 cm³/mol. The van der Waals surface area contributed by atoms with Gasteiger partial charge in [-0.15, -0.1) is 0 Å². The molecule has 0 aromatic carbocycles. The summed E-state index contributed by atoms with van der Waals surface area (Å²) in [6.07, 6.45) is 0. The molecule has 2 rings (SSSR count). The Morgan fingerprint density at radius 1 is 1.40 bits per heavy atom. The number of hydrogen-bond donors (Lipinski definition) is 3. The van der Waals surface area contributed by atoms with Crippen molar-refractivity contribution in [2.24, 2.45) is 0 Å². The SMILES string of the molecule is Cc1n[nH]c(C)c1-c1ccc(C(=O)O)[nH]1. The molecule has 2 heterocycles. The van der Waals surface area contributed by atoms with E-state index >= 15 is 0 Å². The van der Waals surface area contributed by atoms with Crippen LogP contribution in [0.5, 0.6) is 0 Å². The number of carboxylic acids is 1. The van der Waals surface area contributed by atoms with Gasteiger partial charge in [0.15, 0.2) is 0 Å².